The normalized spacial score (nSPS) is 13.1. The van der Waals surface area contributed by atoms with Gasteiger partial charge in [0.1, 0.15) is 17.7 Å². The van der Waals surface area contributed by atoms with E-state index >= 15 is 0 Å². The van der Waals surface area contributed by atoms with Gasteiger partial charge in [0, 0.05) is 0 Å². The van der Waals surface area contributed by atoms with E-state index in [0.717, 1.165) is 11.1 Å². The molecule has 0 heterocycles. The molecule has 0 amide bonds. The van der Waals surface area contributed by atoms with Crippen LogP contribution < -0.4 is 4.43 Å². The van der Waals surface area contributed by atoms with Crippen LogP contribution in [0, 0.1) is 13.8 Å². The second-order valence-electron chi connectivity index (χ2n) is 5.44. The van der Waals surface area contributed by atoms with E-state index in [2.05, 4.69) is 4.99 Å². The molecule has 0 saturated heterocycles. The van der Waals surface area contributed by atoms with Crippen LogP contribution in [-0.4, -0.2) is 20.7 Å². The van der Waals surface area contributed by atoms with E-state index in [1.807, 2.05) is 39.6 Å². The summed E-state index contributed by atoms with van der Waals surface area (Å²) in [6.45, 7) is 9.56. The summed E-state index contributed by atoms with van der Waals surface area (Å²) in [7, 11) is -1.91. The van der Waals surface area contributed by atoms with Gasteiger partial charge in [-0.15, -0.1) is 0 Å². The number of hydrogen-bond donors (Lipinski definition) is 0. The highest BCUT2D eigenvalue weighted by atomic mass is 28.4. The summed E-state index contributed by atoms with van der Waals surface area (Å²) < 4.78 is 42.5. The SMILES string of the molecule is Cc1cc(C)c(O[Si](C)(C)C)c(N=CC(F)(F)F)c1. The predicted molar refractivity (Wildman–Crippen MR) is 74.1 cm³/mol. The zero-order chi connectivity index (χ0) is 14.8. The van der Waals surface area contributed by atoms with Crippen LogP contribution in [-0.2, 0) is 0 Å². The van der Waals surface area contributed by atoms with Gasteiger partial charge in [0.15, 0.2) is 0 Å². The zero-order valence-corrected chi connectivity index (χ0v) is 12.7. The molecule has 1 aromatic rings. The van der Waals surface area contributed by atoms with Crippen molar-refractivity contribution in [3.05, 3.63) is 23.3 Å². The van der Waals surface area contributed by atoms with Crippen molar-refractivity contribution in [3.8, 4) is 5.75 Å². The summed E-state index contributed by atoms with van der Waals surface area (Å²) in [6, 6.07) is 3.48. The van der Waals surface area contributed by atoms with E-state index in [-0.39, 0.29) is 11.9 Å². The number of aliphatic imine (C=N–C) groups is 1. The van der Waals surface area contributed by atoms with E-state index in [1.54, 1.807) is 6.07 Å². The van der Waals surface area contributed by atoms with Crippen LogP contribution in [0.2, 0.25) is 19.6 Å². The fourth-order valence-electron chi connectivity index (χ4n) is 1.61. The highest BCUT2D eigenvalue weighted by Gasteiger charge is 2.25. The third-order valence-electron chi connectivity index (χ3n) is 2.16. The Balaban J connectivity index is 3.25. The first-order valence-electron chi connectivity index (χ1n) is 5.90. The average molecular weight is 289 g/mol. The molecule has 0 atom stereocenters. The Morgan fingerprint density at radius 2 is 1.74 bits per heavy atom. The Labute approximate surface area is 112 Å². The molecular weight excluding hydrogens is 271 g/mol. The van der Waals surface area contributed by atoms with Crippen molar-refractivity contribution < 1.29 is 17.6 Å². The number of nitrogens with zero attached hydrogens (tertiary/aromatic N) is 1. The smallest absolute Gasteiger partial charge is 0.426 e. The lowest BCUT2D eigenvalue weighted by Gasteiger charge is -2.22. The van der Waals surface area contributed by atoms with Gasteiger partial charge in [-0.25, -0.2) is 4.99 Å². The lowest BCUT2D eigenvalue weighted by Crippen LogP contribution is -2.29. The van der Waals surface area contributed by atoms with Gasteiger partial charge in [-0.1, -0.05) is 6.07 Å². The molecule has 0 N–H and O–H groups in total. The minimum absolute atomic E-state index is 0.00170. The van der Waals surface area contributed by atoms with Crippen LogP contribution in [0.15, 0.2) is 17.1 Å². The molecule has 0 fully saturated rings. The zero-order valence-electron chi connectivity index (χ0n) is 11.7. The molecule has 6 heteroatoms. The molecule has 0 spiro atoms. The first-order chi connectivity index (χ1) is 8.48. The van der Waals surface area contributed by atoms with Crippen LogP contribution in [0.25, 0.3) is 0 Å². The van der Waals surface area contributed by atoms with Crippen LogP contribution in [0.5, 0.6) is 5.75 Å². The summed E-state index contributed by atoms with van der Waals surface area (Å²) >= 11 is 0. The van der Waals surface area contributed by atoms with Gasteiger partial charge in [-0.05, 0) is 50.7 Å². The Kier molecular flexibility index (Phi) is 4.45. The Morgan fingerprint density at radius 1 is 1.16 bits per heavy atom. The Morgan fingerprint density at radius 3 is 2.21 bits per heavy atom. The molecule has 106 valence electrons. The predicted octanol–water partition coefficient (Wildman–Crippen LogP) is 4.78. The molecule has 1 rings (SSSR count). The second kappa shape index (κ2) is 5.36. The minimum atomic E-state index is -4.42. The van der Waals surface area contributed by atoms with Crippen molar-refractivity contribution in [2.75, 3.05) is 0 Å². The highest BCUT2D eigenvalue weighted by Crippen LogP contribution is 2.35. The summed E-state index contributed by atoms with van der Waals surface area (Å²) in [6.07, 6.45) is -4.42. The largest absolute Gasteiger partial charge is 0.543 e. The minimum Gasteiger partial charge on any atom is -0.543 e. The molecular formula is C13H18F3NOSi. The number of benzene rings is 1. The average Bonchev–Trinajstić information content (AvgIpc) is 2.16. The highest BCUT2D eigenvalue weighted by molar-refractivity contribution is 6.70. The van der Waals surface area contributed by atoms with Gasteiger partial charge in [-0.2, -0.15) is 13.2 Å². The monoisotopic (exact) mass is 289 g/mol. The molecule has 0 aliphatic heterocycles. The van der Waals surface area contributed by atoms with Gasteiger partial charge < -0.3 is 4.43 Å². The molecule has 0 aromatic heterocycles. The molecule has 0 aliphatic carbocycles. The number of rotatable bonds is 3. The number of alkyl halides is 3. The van der Waals surface area contributed by atoms with Crippen molar-refractivity contribution in [2.24, 2.45) is 4.99 Å². The van der Waals surface area contributed by atoms with Gasteiger partial charge >= 0.3 is 6.18 Å². The molecule has 0 unspecified atom stereocenters. The van der Waals surface area contributed by atoms with Crippen LogP contribution >= 0.6 is 0 Å². The molecule has 19 heavy (non-hydrogen) atoms. The van der Waals surface area contributed by atoms with Crippen molar-refractivity contribution in [2.45, 2.75) is 39.7 Å². The van der Waals surface area contributed by atoms with Crippen LogP contribution in [0.4, 0.5) is 18.9 Å². The molecule has 0 radical (unpaired) electrons. The van der Waals surface area contributed by atoms with E-state index in [4.69, 9.17) is 4.43 Å². The lowest BCUT2D eigenvalue weighted by atomic mass is 10.1. The summed E-state index contributed by atoms with van der Waals surface area (Å²) in [4.78, 5) is 3.53. The van der Waals surface area contributed by atoms with Crippen LogP contribution in [0.3, 0.4) is 0 Å². The van der Waals surface area contributed by atoms with Gasteiger partial charge in [0.05, 0.1) is 0 Å². The van der Waals surface area contributed by atoms with E-state index in [1.165, 1.54) is 0 Å². The molecule has 2 nitrogen and oxygen atoms in total. The fraction of sp³-hybridized carbons (Fsp3) is 0.462. The van der Waals surface area contributed by atoms with E-state index in [9.17, 15) is 13.2 Å². The standard InChI is InChI=1S/C13H18F3NOSi/c1-9-6-10(2)12(18-19(3,4)5)11(7-9)17-8-13(14,15)16/h6-8H,1-5H3. The molecule has 0 bridgehead atoms. The van der Waals surface area contributed by atoms with Gasteiger partial charge in [0.25, 0.3) is 0 Å². The molecule has 1 aromatic carbocycles. The fourth-order valence-corrected chi connectivity index (χ4v) is 2.49. The van der Waals surface area contributed by atoms with E-state index < -0.39 is 14.5 Å². The second-order valence-corrected chi connectivity index (χ2v) is 9.87. The third-order valence-corrected chi connectivity index (χ3v) is 2.97. The summed E-state index contributed by atoms with van der Waals surface area (Å²) in [5, 5.41) is 0. The van der Waals surface area contributed by atoms with Gasteiger partial charge in [0.2, 0.25) is 8.32 Å². The Bertz CT molecular complexity index is 490. The van der Waals surface area contributed by atoms with E-state index in [0.29, 0.717) is 5.75 Å². The van der Waals surface area contributed by atoms with Crippen molar-refractivity contribution in [3.63, 3.8) is 0 Å². The third kappa shape index (κ3) is 5.46. The first kappa shape index (κ1) is 15.8. The van der Waals surface area contributed by atoms with Crippen molar-refractivity contribution >= 4 is 20.2 Å². The number of aryl methyl sites for hydroxylation is 2. The summed E-state index contributed by atoms with van der Waals surface area (Å²) in [5.74, 6) is 0.449. The maximum atomic E-state index is 12.2. The van der Waals surface area contributed by atoms with Gasteiger partial charge in [-0.3, -0.25) is 0 Å². The van der Waals surface area contributed by atoms with Crippen LogP contribution in [0.1, 0.15) is 11.1 Å². The molecule has 0 saturated carbocycles. The maximum absolute atomic E-state index is 12.2. The quantitative estimate of drug-likeness (QED) is 0.579. The summed E-state index contributed by atoms with van der Waals surface area (Å²) in [5.41, 5.74) is 1.89. The number of hydrogen-bond acceptors (Lipinski definition) is 2. The maximum Gasteiger partial charge on any atom is 0.426 e. The lowest BCUT2D eigenvalue weighted by molar-refractivity contribution is -0.0535. The molecule has 0 aliphatic rings. The Hall–Kier alpha value is -1.30. The number of halogens is 3. The van der Waals surface area contributed by atoms with Crippen molar-refractivity contribution in [1.82, 2.24) is 0 Å². The topological polar surface area (TPSA) is 21.6 Å². The van der Waals surface area contributed by atoms with Crippen molar-refractivity contribution in [1.29, 1.82) is 0 Å². The first-order valence-corrected chi connectivity index (χ1v) is 9.31.